The van der Waals surface area contributed by atoms with Gasteiger partial charge in [-0.15, -0.1) is 0 Å². The molecule has 0 aliphatic carbocycles. The van der Waals surface area contributed by atoms with Gasteiger partial charge in [0, 0.05) is 19.0 Å². The third-order valence-corrected chi connectivity index (χ3v) is 4.42. The van der Waals surface area contributed by atoms with Gasteiger partial charge in [-0.05, 0) is 18.6 Å². The summed E-state index contributed by atoms with van der Waals surface area (Å²) < 4.78 is 22.6. The Kier molecular flexibility index (Phi) is 3.48. The van der Waals surface area contributed by atoms with Crippen LogP contribution in [0.15, 0.2) is 18.2 Å². The van der Waals surface area contributed by atoms with Gasteiger partial charge in [0.05, 0.1) is 4.92 Å². The highest BCUT2D eigenvalue weighted by atomic mass is 32.2. The summed E-state index contributed by atoms with van der Waals surface area (Å²) in [5.74, 6) is -0.490. The lowest BCUT2D eigenvalue weighted by molar-refractivity contribution is -0.384. The Morgan fingerprint density at radius 1 is 1.45 bits per heavy atom. The van der Waals surface area contributed by atoms with Crippen molar-refractivity contribution >= 4 is 27.3 Å². The molecule has 1 aromatic carbocycles. The fraction of sp³-hybridized carbons (Fsp3) is 0.364. The van der Waals surface area contributed by atoms with E-state index in [9.17, 15) is 23.3 Å². The summed E-state index contributed by atoms with van der Waals surface area (Å²) in [6, 6.07) is 4.41. The van der Waals surface area contributed by atoms with E-state index in [0.717, 1.165) is 4.90 Å². The smallest absolute Gasteiger partial charge is 0.293 e. The Labute approximate surface area is 115 Å². The van der Waals surface area contributed by atoms with Crippen molar-refractivity contribution in [2.24, 2.45) is 5.14 Å². The molecule has 1 aliphatic rings. The molecular formula is C11H13N3O5S. The van der Waals surface area contributed by atoms with Gasteiger partial charge >= 0.3 is 0 Å². The van der Waals surface area contributed by atoms with Crippen LogP contribution < -0.4 is 10.0 Å². The van der Waals surface area contributed by atoms with E-state index in [-0.39, 0.29) is 24.3 Å². The summed E-state index contributed by atoms with van der Waals surface area (Å²) in [5.41, 5.74) is 0.542. The molecule has 1 atom stereocenters. The molecule has 1 aliphatic heterocycles. The monoisotopic (exact) mass is 299 g/mol. The number of sulfonamides is 1. The molecule has 1 unspecified atom stereocenters. The number of aryl methyl sites for hydroxylation is 1. The zero-order valence-corrected chi connectivity index (χ0v) is 11.5. The maximum Gasteiger partial charge on any atom is 0.293 e. The Balaban J connectivity index is 2.43. The van der Waals surface area contributed by atoms with Gasteiger partial charge in [-0.2, -0.15) is 0 Å². The van der Waals surface area contributed by atoms with Gasteiger partial charge in [-0.25, -0.2) is 13.6 Å². The molecule has 1 amide bonds. The van der Waals surface area contributed by atoms with Crippen molar-refractivity contribution in [3.8, 4) is 0 Å². The lowest BCUT2D eigenvalue weighted by atomic mass is 10.2. The van der Waals surface area contributed by atoms with E-state index >= 15 is 0 Å². The number of nitro benzene ring substituents is 1. The second-order valence-corrected chi connectivity index (χ2v) is 6.51. The molecule has 1 heterocycles. The van der Waals surface area contributed by atoms with Crippen molar-refractivity contribution in [1.29, 1.82) is 0 Å². The van der Waals surface area contributed by atoms with Gasteiger partial charge in [0.2, 0.25) is 15.9 Å². The molecule has 2 rings (SSSR count). The molecule has 0 saturated carbocycles. The van der Waals surface area contributed by atoms with Gasteiger partial charge in [-0.1, -0.05) is 6.07 Å². The molecule has 0 bridgehead atoms. The first-order chi connectivity index (χ1) is 9.20. The van der Waals surface area contributed by atoms with Crippen molar-refractivity contribution < 1.29 is 18.1 Å². The van der Waals surface area contributed by atoms with Gasteiger partial charge in [0.25, 0.3) is 5.69 Å². The van der Waals surface area contributed by atoms with Crippen LogP contribution >= 0.6 is 0 Å². The average Bonchev–Trinajstić information content (AvgIpc) is 2.71. The summed E-state index contributed by atoms with van der Waals surface area (Å²) in [4.78, 5) is 23.4. The number of rotatable bonds is 3. The molecule has 108 valence electrons. The van der Waals surface area contributed by atoms with E-state index in [1.807, 2.05) is 0 Å². The zero-order chi connectivity index (χ0) is 15.1. The van der Waals surface area contributed by atoms with Crippen LogP contribution in [0.25, 0.3) is 0 Å². The molecule has 1 fully saturated rings. The number of benzene rings is 1. The molecule has 8 nitrogen and oxygen atoms in total. The van der Waals surface area contributed by atoms with Gasteiger partial charge in [-0.3, -0.25) is 14.9 Å². The van der Waals surface area contributed by atoms with Crippen LogP contribution in [0.4, 0.5) is 11.4 Å². The van der Waals surface area contributed by atoms with Crippen molar-refractivity contribution in [2.75, 3.05) is 11.4 Å². The lowest BCUT2D eigenvalue weighted by Gasteiger charge is -2.16. The number of nitrogens with zero attached hydrogens (tertiary/aromatic N) is 2. The number of carbonyl (C=O) groups excluding carboxylic acids is 1. The predicted molar refractivity (Wildman–Crippen MR) is 71.7 cm³/mol. The molecule has 20 heavy (non-hydrogen) atoms. The van der Waals surface area contributed by atoms with Crippen LogP contribution in [0.3, 0.4) is 0 Å². The van der Waals surface area contributed by atoms with Crippen LogP contribution in [0, 0.1) is 17.0 Å². The van der Waals surface area contributed by atoms with Crippen LogP contribution in [-0.4, -0.2) is 31.0 Å². The summed E-state index contributed by atoms with van der Waals surface area (Å²) in [6.07, 6.45) is -0.260. The van der Waals surface area contributed by atoms with Gasteiger partial charge in [0.1, 0.15) is 10.9 Å². The van der Waals surface area contributed by atoms with Crippen LogP contribution in [0.5, 0.6) is 0 Å². The SMILES string of the molecule is Cc1ccc(N2CC(S(N)(=O)=O)CC2=O)c([N+](=O)[O-])c1. The Hall–Kier alpha value is -2.00. The standard InChI is InChI=1S/C11H13N3O5S/c1-7-2-3-9(10(4-7)14(16)17)13-6-8(5-11(13)15)20(12,18)19/h2-4,8H,5-6H2,1H3,(H2,12,18,19). The summed E-state index contributed by atoms with van der Waals surface area (Å²) in [7, 11) is -3.85. The van der Waals surface area contributed by atoms with Crippen LogP contribution in [-0.2, 0) is 14.8 Å². The number of anilines is 1. The summed E-state index contributed by atoms with van der Waals surface area (Å²) in [5, 5.41) is 15.0. The number of hydrogen-bond donors (Lipinski definition) is 1. The third kappa shape index (κ3) is 2.63. The van der Waals surface area contributed by atoms with E-state index in [2.05, 4.69) is 0 Å². The van der Waals surface area contributed by atoms with E-state index in [0.29, 0.717) is 5.56 Å². The van der Waals surface area contributed by atoms with E-state index in [4.69, 9.17) is 5.14 Å². The molecular weight excluding hydrogens is 286 g/mol. The number of nitro groups is 1. The molecule has 0 aromatic heterocycles. The molecule has 0 radical (unpaired) electrons. The lowest BCUT2D eigenvalue weighted by Crippen LogP contribution is -2.32. The molecule has 2 N–H and O–H groups in total. The number of nitrogens with two attached hydrogens (primary N) is 1. The maximum absolute atomic E-state index is 11.9. The molecule has 1 aromatic rings. The fourth-order valence-electron chi connectivity index (χ4n) is 2.14. The minimum atomic E-state index is -3.85. The van der Waals surface area contributed by atoms with Gasteiger partial charge in [0.15, 0.2) is 0 Å². The second-order valence-electron chi connectivity index (χ2n) is 4.67. The minimum absolute atomic E-state index is 0.0942. The highest BCUT2D eigenvalue weighted by Gasteiger charge is 2.39. The Morgan fingerprint density at radius 3 is 2.60 bits per heavy atom. The van der Waals surface area contributed by atoms with E-state index < -0.39 is 26.1 Å². The van der Waals surface area contributed by atoms with E-state index in [1.165, 1.54) is 12.1 Å². The normalized spacial score (nSPS) is 19.4. The molecule has 0 spiro atoms. The van der Waals surface area contributed by atoms with Crippen molar-refractivity contribution in [2.45, 2.75) is 18.6 Å². The average molecular weight is 299 g/mol. The third-order valence-electron chi connectivity index (χ3n) is 3.17. The van der Waals surface area contributed by atoms with Crippen molar-refractivity contribution in [1.82, 2.24) is 0 Å². The maximum atomic E-state index is 11.9. The fourth-order valence-corrected chi connectivity index (χ4v) is 2.87. The Bertz CT molecular complexity index is 685. The Morgan fingerprint density at radius 2 is 2.10 bits per heavy atom. The molecule has 9 heteroatoms. The first kappa shape index (κ1) is 14.4. The zero-order valence-electron chi connectivity index (χ0n) is 10.6. The number of hydrogen-bond acceptors (Lipinski definition) is 5. The minimum Gasteiger partial charge on any atom is -0.305 e. The number of primary sulfonamides is 1. The highest BCUT2D eigenvalue weighted by Crippen LogP contribution is 2.33. The number of carbonyl (C=O) groups is 1. The summed E-state index contributed by atoms with van der Waals surface area (Å²) in [6.45, 7) is 1.53. The predicted octanol–water partition coefficient (Wildman–Crippen LogP) is 0.297. The topological polar surface area (TPSA) is 124 Å². The first-order valence-electron chi connectivity index (χ1n) is 5.77. The van der Waals surface area contributed by atoms with E-state index in [1.54, 1.807) is 13.0 Å². The van der Waals surface area contributed by atoms with Crippen LogP contribution in [0.2, 0.25) is 0 Å². The van der Waals surface area contributed by atoms with Crippen LogP contribution in [0.1, 0.15) is 12.0 Å². The highest BCUT2D eigenvalue weighted by molar-refractivity contribution is 7.89. The summed E-state index contributed by atoms with van der Waals surface area (Å²) >= 11 is 0. The molecule has 1 saturated heterocycles. The largest absolute Gasteiger partial charge is 0.305 e. The quantitative estimate of drug-likeness (QED) is 0.635. The first-order valence-corrected chi connectivity index (χ1v) is 7.38. The number of amides is 1. The van der Waals surface area contributed by atoms with Gasteiger partial charge < -0.3 is 4.90 Å². The van der Waals surface area contributed by atoms with Crippen molar-refractivity contribution in [3.63, 3.8) is 0 Å². The van der Waals surface area contributed by atoms with Crippen molar-refractivity contribution in [3.05, 3.63) is 33.9 Å². The second kappa shape index (κ2) is 4.84.